The van der Waals surface area contributed by atoms with E-state index in [2.05, 4.69) is 27.2 Å². The van der Waals surface area contributed by atoms with Gasteiger partial charge in [-0.25, -0.2) is 0 Å². The lowest BCUT2D eigenvalue weighted by Crippen LogP contribution is -2.48. The fourth-order valence-corrected chi connectivity index (χ4v) is 4.76. The molecule has 0 radical (unpaired) electrons. The molecule has 0 spiro atoms. The Morgan fingerprint density at radius 2 is 1.57 bits per heavy atom. The van der Waals surface area contributed by atoms with Crippen LogP contribution in [0.3, 0.4) is 0 Å². The average Bonchev–Trinajstić information content (AvgIpc) is 3.08. The topological polar surface area (TPSA) is 52.7 Å². The molecule has 0 saturated carbocycles. The molecule has 2 heterocycles. The van der Waals surface area contributed by atoms with Gasteiger partial charge in [-0.2, -0.15) is 0 Å². The highest BCUT2D eigenvalue weighted by Gasteiger charge is 2.32. The van der Waals surface area contributed by atoms with Crippen molar-refractivity contribution < 1.29 is 9.59 Å². The average molecular weight is 408 g/mol. The van der Waals surface area contributed by atoms with Gasteiger partial charge >= 0.3 is 0 Å². The van der Waals surface area contributed by atoms with E-state index in [0.717, 1.165) is 62.9 Å². The van der Waals surface area contributed by atoms with E-state index in [4.69, 9.17) is 0 Å². The standard InChI is InChI=1S/C25H33N3O2/c1-19(24(29)26-23-11-10-20-8-4-5-9-22(20)18-23)27-16-12-21(13-17-27)25(30)28-14-6-2-3-7-15-28/h4-5,8-11,18-19,21H,2-3,6-7,12-17H2,1H3,(H,26,29)/t19-/m1/s1. The number of nitrogens with one attached hydrogen (secondary N) is 1. The molecule has 4 rings (SSSR count). The predicted octanol–water partition coefficient (Wildman–Crippen LogP) is 4.28. The van der Waals surface area contributed by atoms with E-state index in [1.54, 1.807) is 0 Å². The van der Waals surface area contributed by atoms with Crippen LogP contribution in [0.4, 0.5) is 5.69 Å². The van der Waals surface area contributed by atoms with Gasteiger partial charge in [0, 0.05) is 24.7 Å². The van der Waals surface area contributed by atoms with Gasteiger partial charge in [0.2, 0.25) is 11.8 Å². The lowest BCUT2D eigenvalue weighted by molar-refractivity contribution is -0.137. The minimum atomic E-state index is -0.203. The van der Waals surface area contributed by atoms with Gasteiger partial charge in [0.1, 0.15) is 0 Å². The summed E-state index contributed by atoms with van der Waals surface area (Å²) in [7, 11) is 0. The maximum Gasteiger partial charge on any atom is 0.241 e. The Kier molecular flexibility index (Phi) is 6.68. The Morgan fingerprint density at radius 3 is 2.27 bits per heavy atom. The van der Waals surface area contributed by atoms with Crippen molar-refractivity contribution in [1.82, 2.24) is 9.80 Å². The molecule has 0 unspecified atom stereocenters. The van der Waals surface area contributed by atoms with Gasteiger partial charge in [-0.05, 0) is 68.6 Å². The molecule has 1 atom stereocenters. The molecule has 2 aromatic carbocycles. The summed E-state index contributed by atoms with van der Waals surface area (Å²) in [5.74, 6) is 0.475. The van der Waals surface area contributed by atoms with Crippen molar-refractivity contribution in [3.05, 3.63) is 42.5 Å². The van der Waals surface area contributed by atoms with Crippen molar-refractivity contribution in [3.63, 3.8) is 0 Å². The van der Waals surface area contributed by atoms with Crippen LogP contribution in [-0.4, -0.2) is 53.8 Å². The molecule has 2 amide bonds. The maximum atomic E-state index is 12.9. The van der Waals surface area contributed by atoms with Crippen LogP contribution in [0.5, 0.6) is 0 Å². The molecule has 5 heteroatoms. The zero-order valence-electron chi connectivity index (χ0n) is 18.0. The number of piperidine rings is 1. The first-order valence-corrected chi connectivity index (χ1v) is 11.4. The second kappa shape index (κ2) is 9.61. The van der Waals surface area contributed by atoms with E-state index >= 15 is 0 Å². The smallest absolute Gasteiger partial charge is 0.241 e. The van der Waals surface area contributed by atoms with Crippen LogP contribution < -0.4 is 5.32 Å². The van der Waals surface area contributed by atoms with E-state index in [1.807, 2.05) is 37.3 Å². The Labute approximate surface area is 179 Å². The molecule has 0 aliphatic carbocycles. The number of benzene rings is 2. The third-order valence-electron chi connectivity index (χ3n) is 6.74. The van der Waals surface area contributed by atoms with Crippen LogP contribution in [-0.2, 0) is 9.59 Å². The van der Waals surface area contributed by atoms with Gasteiger partial charge in [0.25, 0.3) is 0 Å². The number of hydrogen-bond donors (Lipinski definition) is 1. The first-order chi connectivity index (χ1) is 14.6. The van der Waals surface area contributed by atoms with Crippen LogP contribution in [0.25, 0.3) is 10.8 Å². The van der Waals surface area contributed by atoms with Crippen molar-refractivity contribution in [2.75, 3.05) is 31.5 Å². The van der Waals surface area contributed by atoms with Crippen molar-refractivity contribution in [2.24, 2.45) is 5.92 Å². The number of hydrogen-bond acceptors (Lipinski definition) is 3. The van der Waals surface area contributed by atoms with E-state index in [9.17, 15) is 9.59 Å². The molecule has 1 N–H and O–H groups in total. The van der Waals surface area contributed by atoms with Gasteiger partial charge < -0.3 is 10.2 Å². The van der Waals surface area contributed by atoms with Crippen molar-refractivity contribution in [3.8, 4) is 0 Å². The van der Waals surface area contributed by atoms with E-state index in [1.165, 1.54) is 18.2 Å². The molecule has 30 heavy (non-hydrogen) atoms. The summed E-state index contributed by atoms with van der Waals surface area (Å²) in [6, 6.07) is 14.0. The summed E-state index contributed by atoms with van der Waals surface area (Å²) in [6.45, 7) is 5.41. The third-order valence-corrected chi connectivity index (χ3v) is 6.74. The van der Waals surface area contributed by atoms with Crippen LogP contribution >= 0.6 is 0 Å². The zero-order valence-corrected chi connectivity index (χ0v) is 18.0. The van der Waals surface area contributed by atoms with Gasteiger partial charge in [-0.1, -0.05) is 43.2 Å². The van der Waals surface area contributed by atoms with E-state index in [-0.39, 0.29) is 17.9 Å². The molecule has 0 aromatic heterocycles. The van der Waals surface area contributed by atoms with Crippen LogP contribution in [0.1, 0.15) is 45.4 Å². The number of amides is 2. The van der Waals surface area contributed by atoms with Crippen LogP contribution in [0.15, 0.2) is 42.5 Å². The summed E-state index contributed by atoms with van der Waals surface area (Å²) < 4.78 is 0. The van der Waals surface area contributed by atoms with E-state index < -0.39 is 0 Å². The van der Waals surface area contributed by atoms with Crippen LogP contribution in [0.2, 0.25) is 0 Å². The number of carbonyl (C=O) groups excluding carboxylic acids is 2. The van der Waals surface area contributed by atoms with Crippen molar-refractivity contribution in [1.29, 1.82) is 0 Å². The first kappa shape index (κ1) is 20.9. The number of rotatable bonds is 4. The number of likely N-dealkylation sites (tertiary alicyclic amines) is 2. The highest BCUT2D eigenvalue weighted by atomic mass is 16.2. The molecule has 5 nitrogen and oxygen atoms in total. The monoisotopic (exact) mass is 407 g/mol. The van der Waals surface area contributed by atoms with Gasteiger partial charge in [0.05, 0.1) is 6.04 Å². The highest BCUT2D eigenvalue weighted by Crippen LogP contribution is 2.24. The fourth-order valence-electron chi connectivity index (χ4n) is 4.76. The molecule has 2 fully saturated rings. The summed E-state index contributed by atoms with van der Waals surface area (Å²) in [6.07, 6.45) is 6.46. The number of anilines is 1. The Morgan fingerprint density at radius 1 is 0.900 bits per heavy atom. The lowest BCUT2D eigenvalue weighted by Gasteiger charge is -2.36. The van der Waals surface area contributed by atoms with Crippen LogP contribution in [0, 0.1) is 5.92 Å². The Bertz CT molecular complexity index is 881. The molecular formula is C25H33N3O2. The molecular weight excluding hydrogens is 374 g/mol. The second-order valence-corrected chi connectivity index (χ2v) is 8.78. The summed E-state index contributed by atoms with van der Waals surface area (Å²) >= 11 is 0. The van der Waals surface area contributed by atoms with E-state index in [0.29, 0.717) is 5.91 Å². The first-order valence-electron chi connectivity index (χ1n) is 11.4. The molecule has 2 aliphatic rings. The number of carbonyl (C=O) groups is 2. The summed E-state index contributed by atoms with van der Waals surface area (Å²) in [4.78, 5) is 30.0. The number of nitrogens with zero attached hydrogens (tertiary/aromatic N) is 2. The molecule has 2 saturated heterocycles. The fraction of sp³-hybridized carbons (Fsp3) is 0.520. The minimum absolute atomic E-state index is 0.0163. The Balaban J connectivity index is 1.30. The van der Waals surface area contributed by atoms with Gasteiger partial charge in [0.15, 0.2) is 0 Å². The van der Waals surface area contributed by atoms with Crippen molar-refractivity contribution >= 4 is 28.3 Å². The molecule has 2 aliphatic heterocycles. The summed E-state index contributed by atoms with van der Waals surface area (Å²) in [5, 5.41) is 5.36. The predicted molar refractivity (Wildman–Crippen MR) is 121 cm³/mol. The minimum Gasteiger partial charge on any atom is -0.342 e. The SMILES string of the molecule is C[C@H](C(=O)Nc1ccc2ccccc2c1)N1CCC(C(=O)N2CCCCCC2)CC1. The van der Waals surface area contributed by atoms with Gasteiger partial charge in [-0.15, -0.1) is 0 Å². The molecule has 160 valence electrons. The van der Waals surface area contributed by atoms with Crippen molar-refractivity contribution in [2.45, 2.75) is 51.5 Å². The highest BCUT2D eigenvalue weighted by molar-refractivity contribution is 5.97. The maximum absolute atomic E-state index is 12.9. The quantitative estimate of drug-likeness (QED) is 0.823. The second-order valence-electron chi connectivity index (χ2n) is 8.78. The molecule has 0 bridgehead atoms. The Hall–Kier alpha value is -2.40. The largest absolute Gasteiger partial charge is 0.342 e. The normalized spacial score (nSPS) is 20.0. The van der Waals surface area contributed by atoms with Gasteiger partial charge in [-0.3, -0.25) is 14.5 Å². The number of fused-ring (bicyclic) bond motifs is 1. The molecule has 2 aromatic rings. The third kappa shape index (κ3) is 4.84. The summed E-state index contributed by atoms with van der Waals surface area (Å²) in [5.41, 5.74) is 0.830. The lowest BCUT2D eigenvalue weighted by atomic mass is 9.94. The zero-order chi connectivity index (χ0) is 20.9.